The minimum Gasteiger partial charge on any atom is -0.322 e. The fraction of sp³-hybridized carbons (Fsp3) is 0.115. The van der Waals surface area contributed by atoms with E-state index >= 15 is 0 Å². The predicted molar refractivity (Wildman–Crippen MR) is 129 cm³/mol. The number of sulfone groups is 1. The van der Waals surface area contributed by atoms with Gasteiger partial charge in [0, 0.05) is 22.8 Å². The molecule has 6 nitrogen and oxygen atoms in total. The van der Waals surface area contributed by atoms with Crippen molar-refractivity contribution >= 4 is 32.2 Å². The van der Waals surface area contributed by atoms with Crippen LogP contribution in [-0.4, -0.2) is 24.8 Å². The number of hydrogen-bond donors (Lipinski definition) is 1. The van der Waals surface area contributed by atoms with Crippen LogP contribution in [0.1, 0.15) is 28.4 Å². The van der Waals surface area contributed by atoms with Gasteiger partial charge in [0.15, 0.2) is 0 Å². The van der Waals surface area contributed by atoms with Crippen molar-refractivity contribution < 1.29 is 26.4 Å². The fourth-order valence-electron chi connectivity index (χ4n) is 3.62. The summed E-state index contributed by atoms with van der Waals surface area (Å²) < 4.78 is 63.6. The van der Waals surface area contributed by atoms with E-state index in [1.807, 2.05) is 30.3 Å². The monoisotopic (exact) mass is 509 g/mol. The Morgan fingerprint density at radius 2 is 1.72 bits per heavy atom. The topological polar surface area (TPSA) is 99.9 Å². The van der Waals surface area contributed by atoms with Crippen molar-refractivity contribution in [1.29, 1.82) is 5.26 Å². The van der Waals surface area contributed by atoms with E-state index in [9.17, 15) is 26.4 Å². The molecule has 0 fully saturated rings. The van der Waals surface area contributed by atoms with Gasteiger partial charge in [0.25, 0.3) is 15.7 Å². The molecule has 4 aromatic rings. The molecule has 0 unspecified atom stereocenters. The lowest BCUT2D eigenvalue weighted by molar-refractivity contribution is -0.0436. The Balaban J connectivity index is 1.70. The Labute approximate surface area is 204 Å². The number of nitrogens with zero attached hydrogens (tertiary/aromatic N) is 2. The van der Waals surface area contributed by atoms with Crippen LogP contribution in [0.25, 0.3) is 22.0 Å². The quantitative estimate of drug-likeness (QED) is 0.362. The van der Waals surface area contributed by atoms with Gasteiger partial charge in [-0.25, -0.2) is 8.42 Å². The van der Waals surface area contributed by atoms with Gasteiger partial charge in [-0.15, -0.1) is 0 Å². The minimum atomic E-state index is -5.82. The third kappa shape index (κ3) is 4.78. The van der Waals surface area contributed by atoms with E-state index in [2.05, 4.69) is 17.2 Å². The zero-order chi connectivity index (χ0) is 26.1. The highest BCUT2D eigenvalue weighted by atomic mass is 32.2. The number of hydrogen-bond acceptors (Lipinski definition) is 5. The molecular weight excluding hydrogens is 491 g/mol. The van der Waals surface area contributed by atoms with Crippen LogP contribution in [0.3, 0.4) is 0 Å². The van der Waals surface area contributed by atoms with E-state index in [1.165, 1.54) is 11.6 Å². The maximum Gasteiger partial charge on any atom is 0.501 e. The first-order valence-corrected chi connectivity index (χ1v) is 12.2. The van der Waals surface area contributed by atoms with E-state index in [4.69, 9.17) is 5.26 Å². The number of pyridine rings is 1. The fourth-order valence-corrected chi connectivity index (χ4v) is 4.56. The first-order valence-electron chi connectivity index (χ1n) is 10.7. The second-order valence-electron chi connectivity index (χ2n) is 7.91. The van der Waals surface area contributed by atoms with Gasteiger partial charge >= 0.3 is 5.51 Å². The smallest absolute Gasteiger partial charge is 0.322 e. The predicted octanol–water partition coefficient (Wildman–Crippen LogP) is 5.88. The molecule has 0 aliphatic carbocycles. The second-order valence-corrected chi connectivity index (χ2v) is 9.82. The number of carbonyl (C=O) groups is 1. The summed E-state index contributed by atoms with van der Waals surface area (Å²) in [5.74, 6) is -1.10. The third-order valence-corrected chi connectivity index (χ3v) is 7.13. The normalized spacial score (nSPS) is 11.8. The largest absolute Gasteiger partial charge is 0.501 e. The molecule has 0 aliphatic heterocycles. The standard InChI is InChI=1S/C26H18F3N3O3S/c1-2-16-3-6-18(7-4-16)23-13-20-12-21(9-8-19(20)15-31-23)32-25(33)22-11-17(14-30)5-10-24(22)36(34,35)26(27,28)29/h3-13,15H,2H2,1H3,(H,32,33). The van der Waals surface area contributed by atoms with Gasteiger partial charge in [-0.3, -0.25) is 9.78 Å². The number of aromatic nitrogens is 1. The Morgan fingerprint density at radius 1 is 1.00 bits per heavy atom. The van der Waals surface area contributed by atoms with Crippen LogP contribution in [0.2, 0.25) is 0 Å². The van der Waals surface area contributed by atoms with Crippen molar-refractivity contribution in [3.05, 3.63) is 89.6 Å². The molecule has 0 radical (unpaired) electrons. The summed E-state index contributed by atoms with van der Waals surface area (Å²) >= 11 is 0. The Hall–Kier alpha value is -4.23. The lowest BCUT2D eigenvalue weighted by Crippen LogP contribution is -2.26. The average Bonchev–Trinajstić information content (AvgIpc) is 2.87. The lowest BCUT2D eigenvalue weighted by atomic mass is 10.0. The van der Waals surface area contributed by atoms with Gasteiger partial charge in [0.2, 0.25) is 0 Å². The third-order valence-electron chi connectivity index (χ3n) is 5.59. The van der Waals surface area contributed by atoms with Gasteiger partial charge < -0.3 is 5.32 Å². The molecule has 0 aliphatic rings. The van der Waals surface area contributed by atoms with Crippen LogP contribution in [0.4, 0.5) is 18.9 Å². The molecule has 1 amide bonds. The van der Waals surface area contributed by atoms with Gasteiger partial charge in [0.1, 0.15) is 0 Å². The Kier molecular flexibility index (Phi) is 6.52. The molecule has 1 aromatic heterocycles. The summed E-state index contributed by atoms with van der Waals surface area (Å²) in [6.45, 7) is 2.05. The minimum absolute atomic E-state index is 0.162. The molecule has 0 saturated heterocycles. The number of aryl methyl sites for hydroxylation is 1. The number of anilines is 1. The molecule has 10 heteroatoms. The van der Waals surface area contributed by atoms with Gasteiger partial charge in [-0.05, 0) is 53.8 Å². The lowest BCUT2D eigenvalue weighted by Gasteiger charge is -2.13. The van der Waals surface area contributed by atoms with Crippen molar-refractivity contribution in [2.45, 2.75) is 23.7 Å². The highest BCUT2D eigenvalue weighted by molar-refractivity contribution is 7.92. The van der Waals surface area contributed by atoms with Crippen LogP contribution in [-0.2, 0) is 16.3 Å². The van der Waals surface area contributed by atoms with Gasteiger partial charge in [-0.1, -0.05) is 37.3 Å². The summed E-state index contributed by atoms with van der Waals surface area (Å²) in [4.78, 5) is 16.1. The zero-order valence-electron chi connectivity index (χ0n) is 18.8. The number of benzene rings is 3. The van der Waals surface area contributed by atoms with Crippen LogP contribution in [0.15, 0.2) is 77.8 Å². The van der Waals surface area contributed by atoms with Crippen LogP contribution in [0.5, 0.6) is 0 Å². The first kappa shape index (κ1) is 24.9. The first-order chi connectivity index (χ1) is 17.0. The molecule has 4 rings (SSSR count). The molecule has 0 saturated carbocycles. The van der Waals surface area contributed by atoms with Crippen molar-refractivity contribution in [3.8, 4) is 17.3 Å². The van der Waals surface area contributed by atoms with Crippen molar-refractivity contribution in [3.63, 3.8) is 0 Å². The number of nitriles is 1. The van der Waals surface area contributed by atoms with Crippen molar-refractivity contribution in [2.24, 2.45) is 0 Å². The molecule has 0 spiro atoms. The molecule has 1 heterocycles. The number of amides is 1. The van der Waals surface area contributed by atoms with Gasteiger partial charge in [-0.2, -0.15) is 18.4 Å². The SMILES string of the molecule is CCc1ccc(-c2cc3cc(NC(=O)c4cc(C#N)ccc4S(=O)(=O)C(F)(F)F)ccc3cn2)cc1. The highest BCUT2D eigenvalue weighted by Gasteiger charge is 2.48. The summed E-state index contributed by atoms with van der Waals surface area (Å²) in [7, 11) is -5.82. The van der Waals surface area contributed by atoms with Crippen molar-refractivity contribution in [2.75, 3.05) is 5.32 Å². The summed E-state index contributed by atoms with van der Waals surface area (Å²) in [5, 5.41) is 13.0. The molecule has 0 bridgehead atoms. The van der Waals surface area contributed by atoms with Gasteiger partial charge in [0.05, 0.1) is 27.8 Å². The van der Waals surface area contributed by atoms with Crippen LogP contribution < -0.4 is 5.32 Å². The molecule has 1 N–H and O–H groups in total. The maximum absolute atomic E-state index is 13.2. The number of nitrogens with one attached hydrogen (secondary N) is 1. The molecule has 0 atom stereocenters. The van der Waals surface area contributed by atoms with Crippen LogP contribution in [0, 0.1) is 11.3 Å². The molecule has 36 heavy (non-hydrogen) atoms. The summed E-state index contributed by atoms with van der Waals surface area (Å²) in [5.41, 5.74) is -3.58. The van der Waals surface area contributed by atoms with E-state index in [0.717, 1.165) is 29.5 Å². The van der Waals surface area contributed by atoms with E-state index < -0.39 is 31.7 Å². The van der Waals surface area contributed by atoms with E-state index in [1.54, 1.807) is 24.4 Å². The van der Waals surface area contributed by atoms with E-state index in [-0.39, 0.29) is 11.3 Å². The summed E-state index contributed by atoms with van der Waals surface area (Å²) in [6.07, 6.45) is 2.56. The number of carbonyl (C=O) groups excluding carboxylic acids is 1. The maximum atomic E-state index is 13.2. The second kappa shape index (κ2) is 9.43. The average molecular weight is 510 g/mol. The number of halogens is 3. The Morgan fingerprint density at radius 3 is 2.36 bits per heavy atom. The number of fused-ring (bicyclic) bond motifs is 1. The highest BCUT2D eigenvalue weighted by Crippen LogP contribution is 2.33. The summed E-state index contributed by atoms with van der Waals surface area (Å²) in [6, 6.07) is 18.5. The molecule has 3 aromatic carbocycles. The van der Waals surface area contributed by atoms with Crippen LogP contribution >= 0.6 is 0 Å². The number of alkyl halides is 3. The Bertz CT molecular complexity index is 1620. The van der Waals surface area contributed by atoms with E-state index in [0.29, 0.717) is 17.1 Å². The number of rotatable bonds is 5. The molecular formula is C26H18F3N3O3S. The zero-order valence-corrected chi connectivity index (χ0v) is 19.6. The molecule has 182 valence electrons. The van der Waals surface area contributed by atoms with Crippen molar-refractivity contribution in [1.82, 2.24) is 4.98 Å².